The number of furan rings is 1. The Balaban J connectivity index is 2.07. The van der Waals surface area contributed by atoms with Gasteiger partial charge in [-0.2, -0.15) is 0 Å². The second-order valence-corrected chi connectivity index (χ2v) is 4.86. The summed E-state index contributed by atoms with van der Waals surface area (Å²) in [5, 5.41) is 5.69. The standard InChI is InChI=1S/C12H13NOS/c1-8-3-6-14-11(8)10-12-9(2-5-13-10)4-7-15-12/h3-4,6-7,10,13H,2,5H2,1H3. The molecular weight excluding hydrogens is 206 g/mol. The SMILES string of the molecule is Cc1ccoc1C1NCCc2ccsc21. The van der Waals surface area contributed by atoms with E-state index < -0.39 is 0 Å². The molecule has 0 saturated carbocycles. The molecule has 1 atom stereocenters. The van der Waals surface area contributed by atoms with Crippen molar-refractivity contribution in [3.05, 3.63) is 45.5 Å². The molecule has 2 aromatic heterocycles. The van der Waals surface area contributed by atoms with Gasteiger partial charge in [-0.05, 0) is 42.0 Å². The van der Waals surface area contributed by atoms with Crippen molar-refractivity contribution in [1.82, 2.24) is 5.32 Å². The van der Waals surface area contributed by atoms with Crippen molar-refractivity contribution >= 4 is 11.3 Å². The maximum Gasteiger partial charge on any atom is 0.128 e. The Kier molecular flexibility index (Phi) is 2.15. The zero-order chi connectivity index (χ0) is 10.3. The molecule has 1 aliphatic rings. The summed E-state index contributed by atoms with van der Waals surface area (Å²) in [4.78, 5) is 1.42. The molecule has 15 heavy (non-hydrogen) atoms. The average molecular weight is 219 g/mol. The van der Waals surface area contributed by atoms with Crippen LogP contribution < -0.4 is 5.32 Å². The first-order valence-electron chi connectivity index (χ1n) is 5.20. The Hall–Kier alpha value is -1.06. The van der Waals surface area contributed by atoms with Gasteiger partial charge in [-0.1, -0.05) is 0 Å². The van der Waals surface area contributed by atoms with Gasteiger partial charge in [0.15, 0.2) is 0 Å². The Morgan fingerprint density at radius 1 is 1.47 bits per heavy atom. The molecule has 2 aromatic rings. The third-order valence-corrected chi connectivity index (χ3v) is 3.97. The van der Waals surface area contributed by atoms with E-state index in [0.717, 1.165) is 18.7 Å². The second-order valence-electron chi connectivity index (χ2n) is 3.92. The van der Waals surface area contributed by atoms with Gasteiger partial charge in [-0.25, -0.2) is 0 Å². The van der Waals surface area contributed by atoms with Crippen molar-refractivity contribution in [2.75, 3.05) is 6.54 Å². The van der Waals surface area contributed by atoms with Crippen molar-refractivity contribution in [2.24, 2.45) is 0 Å². The molecule has 3 rings (SSSR count). The van der Waals surface area contributed by atoms with Crippen LogP contribution in [-0.4, -0.2) is 6.54 Å². The number of hydrogen-bond donors (Lipinski definition) is 1. The third kappa shape index (κ3) is 1.43. The molecule has 0 fully saturated rings. The monoisotopic (exact) mass is 219 g/mol. The van der Waals surface area contributed by atoms with Crippen LogP contribution in [0.1, 0.15) is 27.8 Å². The fourth-order valence-corrected chi connectivity index (χ4v) is 3.17. The van der Waals surface area contributed by atoms with E-state index in [-0.39, 0.29) is 6.04 Å². The van der Waals surface area contributed by atoms with E-state index in [2.05, 4.69) is 23.7 Å². The molecule has 0 amide bonds. The number of aryl methyl sites for hydroxylation is 1. The minimum absolute atomic E-state index is 0.267. The van der Waals surface area contributed by atoms with Crippen LogP contribution in [0.4, 0.5) is 0 Å². The first kappa shape index (κ1) is 9.19. The molecule has 0 radical (unpaired) electrons. The van der Waals surface area contributed by atoms with E-state index in [0.29, 0.717) is 0 Å². The molecular formula is C12H13NOS. The smallest absolute Gasteiger partial charge is 0.128 e. The van der Waals surface area contributed by atoms with Gasteiger partial charge in [0, 0.05) is 11.4 Å². The van der Waals surface area contributed by atoms with Crippen molar-refractivity contribution in [3.8, 4) is 0 Å². The van der Waals surface area contributed by atoms with E-state index in [1.165, 1.54) is 16.0 Å². The minimum Gasteiger partial charge on any atom is -0.467 e. The first-order valence-corrected chi connectivity index (χ1v) is 6.08. The Bertz CT molecular complexity index is 471. The minimum atomic E-state index is 0.267. The molecule has 2 nitrogen and oxygen atoms in total. The van der Waals surface area contributed by atoms with Crippen LogP contribution in [0, 0.1) is 6.92 Å². The van der Waals surface area contributed by atoms with Crippen LogP contribution in [-0.2, 0) is 6.42 Å². The molecule has 1 N–H and O–H groups in total. The second kappa shape index (κ2) is 3.51. The van der Waals surface area contributed by atoms with E-state index in [1.807, 2.05) is 17.4 Å². The topological polar surface area (TPSA) is 25.2 Å². The zero-order valence-electron chi connectivity index (χ0n) is 8.62. The predicted octanol–water partition coefficient (Wildman–Crippen LogP) is 2.88. The first-order chi connectivity index (χ1) is 7.36. The summed E-state index contributed by atoms with van der Waals surface area (Å²) in [7, 11) is 0. The van der Waals surface area contributed by atoms with Gasteiger partial charge in [0.25, 0.3) is 0 Å². The van der Waals surface area contributed by atoms with Gasteiger partial charge in [0.2, 0.25) is 0 Å². The van der Waals surface area contributed by atoms with Crippen molar-refractivity contribution in [2.45, 2.75) is 19.4 Å². The molecule has 0 aromatic carbocycles. The van der Waals surface area contributed by atoms with Crippen LogP contribution in [0.15, 0.2) is 28.2 Å². The maximum atomic E-state index is 5.57. The van der Waals surface area contributed by atoms with Crippen molar-refractivity contribution in [3.63, 3.8) is 0 Å². The summed E-state index contributed by atoms with van der Waals surface area (Å²) in [5.74, 6) is 1.07. The summed E-state index contributed by atoms with van der Waals surface area (Å²) >= 11 is 1.82. The number of thiophene rings is 1. The molecule has 3 heterocycles. The lowest BCUT2D eigenvalue weighted by molar-refractivity contribution is 0.437. The highest BCUT2D eigenvalue weighted by Gasteiger charge is 2.25. The number of nitrogens with one attached hydrogen (secondary N) is 1. The van der Waals surface area contributed by atoms with Crippen molar-refractivity contribution < 1.29 is 4.42 Å². The molecule has 3 heteroatoms. The lowest BCUT2D eigenvalue weighted by Gasteiger charge is -2.22. The maximum absolute atomic E-state index is 5.57. The van der Waals surface area contributed by atoms with Gasteiger partial charge in [-0.15, -0.1) is 11.3 Å². The lowest BCUT2D eigenvalue weighted by Crippen LogP contribution is -2.29. The predicted molar refractivity (Wildman–Crippen MR) is 61.3 cm³/mol. The highest BCUT2D eigenvalue weighted by atomic mass is 32.1. The normalized spacial score (nSPS) is 20.2. The fourth-order valence-electron chi connectivity index (χ4n) is 2.14. The fraction of sp³-hybridized carbons (Fsp3) is 0.333. The molecule has 1 aliphatic heterocycles. The highest BCUT2D eigenvalue weighted by Crippen LogP contribution is 2.34. The largest absolute Gasteiger partial charge is 0.467 e. The molecule has 78 valence electrons. The van der Waals surface area contributed by atoms with E-state index >= 15 is 0 Å². The summed E-state index contributed by atoms with van der Waals surface area (Å²) < 4.78 is 5.57. The quantitative estimate of drug-likeness (QED) is 0.797. The third-order valence-electron chi connectivity index (χ3n) is 2.95. The average Bonchev–Trinajstić information content (AvgIpc) is 2.85. The molecule has 0 spiro atoms. The van der Waals surface area contributed by atoms with Gasteiger partial charge < -0.3 is 9.73 Å². The summed E-state index contributed by atoms with van der Waals surface area (Å²) in [6, 6.07) is 4.52. The molecule has 1 unspecified atom stereocenters. The summed E-state index contributed by atoms with van der Waals surface area (Å²) in [6.07, 6.45) is 2.91. The van der Waals surface area contributed by atoms with E-state index in [1.54, 1.807) is 6.26 Å². The lowest BCUT2D eigenvalue weighted by atomic mass is 10.0. The van der Waals surface area contributed by atoms with Crippen LogP contribution in [0.2, 0.25) is 0 Å². The summed E-state index contributed by atoms with van der Waals surface area (Å²) in [5.41, 5.74) is 2.70. The summed E-state index contributed by atoms with van der Waals surface area (Å²) in [6.45, 7) is 3.14. The molecule has 0 bridgehead atoms. The van der Waals surface area contributed by atoms with Gasteiger partial charge in [0.1, 0.15) is 11.8 Å². The highest BCUT2D eigenvalue weighted by molar-refractivity contribution is 7.10. The number of hydrogen-bond acceptors (Lipinski definition) is 3. The molecule has 0 aliphatic carbocycles. The van der Waals surface area contributed by atoms with E-state index in [9.17, 15) is 0 Å². The van der Waals surface area contributed by atoms with Crippen molar-refractivity contribution in [1.29, 1.82) is 0 Å². The van der Waals surface area contributed by atoms with Gasteiger partial charge in [-0.3, -0.25) is 0 Å². The number of fused-ring (bicyclic) bond motifs is 1. The van der Waals surface area contributed by atoms with Crippen LogP contribution >= 0.6 is 11.3 Å². The Labute approximate surface area is 92.9 Å². The van der Waals surface area contributed by atoms with Gasteiger partial charge in [0.05, 0.1) is 6.26 Å². The van der Waals surface area contributed by atoms with Crippen LogP contribution in [0.3, 0.4) is 0 Å². The Morgan fingerprint density at radius 3 is 3.20 bits per heavy atom. The molecule has 0 saturated heterocycles. The van der Waals surface area contributed by atoms with Gasteiger partial charge >= 0.3 is 0 Å². The zero-order valence-corrected chi connectivity index (χ0v) is 9.43. The number of rotatable bonds is 1. The Morgan fingerprint density at radius 2 is 2.40 bits per heavy atom. The van der Waals surface area contributed by atoms with E-state index in [4.69, 9.17) is 4.42 Å². The van der Waals surface area contributed by atoms with Crippen LogP contribution in [0.25, 0.3) is 0 Å². The van der Waals surface area contributed by atoms with Crippen LogP contribution in [0.5, 0.6) is 0 Å².